The van der Waals surface area contributed by atoms with E-state index >= 15 is 0 Å². The molecule has 1 N–H and O–H groups in total. The maximum absolute atomic E-state index is 6.03. The third-order valence-electron chi connectivity index (χ3n) is 2.45. The van der Waals surface area contributed by atoms with Crippen LogP contribution in [0.1, 0.15) is 0 Å². The van der Waals surface area contributed by atoms with Crippen molar-refractivity contribution in [2.24, 2.45) is 0 Å². The van der Waals surface area contributed by atoms with Crippen LogP contribution >= 0.6 is 23.2 Å². The molecule has 84 valence electrons. The van der Waals surface area contributed by atoms with Gasteiger partial charge in [0.05, 0.1) is 21.6 Å². The van der Waals surface area contributed by atoms with Gasteiger partial charge in [0, 0.05) is 6.20 Å². The minimum atomic E-state index is 0.383. The highest BCUT2D eigenvalue weighted by Crippen LogP contribution is 2.27. The standard InChI is InChI=1S/C12H7Cl2N3/c13-7-5-8(11(14)15-6-7)12-16-9-3-1-2-4-10(9)17-12/h1-6H,(H,16,17). The summed E-state index contributed by atoms with van der Waals surface area (Å²) < 4.78 is 0. The number of fused-ring (bicyclic) bond motifs is 1. The summed E-state index contributed by atoms with van der Waals surface area (Å²) >= 11 is 11.9. The molecule has 0 unspecified atom stereocenters. The van der Waals surface area contributed by atoms with E-state index in [-0.39, 0.29) is 0 Å². The zero-order valence-corrected chi connectivity index (χ0v) is 10.1. The van der Waals surface area contributed by atoms with E-state index in [0.717, 1.165) is 11.0 Å². The second-order valence-corrected chi connectivity index (χ2v) is 4.39. The van der Waals surface area contributed by atoms with Crippen LogP contribution in [0.25, 0.3) is 22.4 Å². The number of hydrogen-bond donors (Lipinski definition) is 1. The summed E-state index contributed by atoms with van der Waals surface area (Å²) in [6.45, 7) is 0. The van der Waals surface area contributed by atoms with Gasteiger partial charge >= 0.3 is 0 Å². The lowest BCUT2D eigenvalue weighted by molar-refractivity contribution is 1.27. The number of aromatic nitrogens is 3. The molecule has 3 nitrogen and oxygen atoms in total. The second kappa shape index (κ2) is 4.02. The molecule has 0 aliphatic rings. The zero-order valence-electron chi connectivity index (χ0n) is 8.61. The summed E-state index contributed by atoms with van der Waals surface area (Å²) in [5, 5.41) is 0.915. The van der Waals surface area contributed by atoms with Gasteiger partial charge in [0.15, 0.2) is 0 Å². The van der Waals surface area contributed by atoms with Gasteiger partial charge in [0.2, 0.25) is 0 Å². The molecule has 2 heterocycles. The first-order chi connectivity index (χ1) is 8.24. The third-order valence-corrected chi connectivity index (χ3v) is 2.96. The number of nitrogens with one attached hydrogen (secondary N) is 1. The Balaban J connectivity index is 2.23. The van der Waals surface area contributed by atoms with Crippen LogP contribution in [0.3, 0.4) is 0 Å². The predicted molar refractivity (Wildman–Crippen MR) is 69.3 cm³/mol. The van der Waals surface area contributed by atoms with Gasteiger partial charge < -0.3 is 4.98 Å². The fourth-order valence-electron chi connectivity index (χ4n) is 1.67. The van der Waals surface area contributed by atoms with E-state index in [1.54, 1.807) is 6.07 Å². The number of aromatic amines is 1. The molecule has 0 radical (unpaired) electrons. The molecule has 0 aliphatic carbocycles. The number of nitrogens with zero attached hydrogens (tertiary/aromatic N) is 2. The highest BCUT2D eigenvalue weighted by molar-refractivity contribution is 6.34. The Labute approximate surface area is 107 Å². The van der Waals surface area contributed by atoms with Crippen molar-refractivity contribution in [3.63, 3.8) is 0 Å². The van der Waals surface area contributed by atoms with E-state index in [4.69, 9.17) is 23.2 Å². The molecule has 1 aromatic carbocycles. The summed E-state index contributed by atoms with van der Waals surface area (Å²) in [5.74, 6) is 0.672. The molecule has 5 heteroatoms. The van der Waals surface area contributed by atoms with E-state index in [2.05, 4.69) is 15.0 Å². The molecule has 0 fully saturated rings. The second-order valence-electron chi connectivity index (χ2n) is 3.59. The van der Waals surface area contributed by atoms with E-state index in [1.165, 1.54) is 6.20 Å². The fraction of sp³-hybridized carbons (Fsp3) is 0. The van der Waals surface area contributed by atoms with Crippen LogP contribution in [0.2, 0.25) is 10.2 Å². The van der Waals surface area contributed by atoms with Crippen molar-refractivity contribution in [2.75, 3.05) is 0 Å². The lowest BCUT2D eigenvalue weighted by atomic mass is 10.3. The molecule has 0 saturated heterocycles. The number of halogens is 2. The maximum atomic E-state index is 6.03. The first-order valence-electron chi connectivity index (χ1n) is 5.00. The number of benzene rings is 1. The number of pyridine rings is 1. The monoisotopic (exact) mass is 263 g/mol. The van der Waals surface area contributed by atoms with Crippen molar-refractivity contribution < 1.29 is 0 Å². The summed E-state index contributed by atoms with van der Waals surface area (Å²) in [5.41, 5.74) is 2.55. The number of para-hydroxylation sites is 2. The predicted octanol–water partition coefficient (Wildman–Crippen LogP) is 3.93. The SMILES string of the molecule is Clc1cnc(Cl)c(-c2nc3ccccc3[nH]2)c1. The van der Waals surface area contributed by atoms with Crippen molar-refractivity contribution >= 4 is 34.2 Å². The summed E-state index contributed by atoms with van der Waals surface area (Å²) in [6, 6.07) is 9.51. The van der Waals surface area contributed by atoms with Crippen molar-refractivity contribution in [3.8, 4) is 11.4 Å². The fourth-order valence-corrected chi connectivity index (χ4v) is 2.02. The Kier molecular flexibility index (Phi) is 2.50. The first kappa shape index (κ1) is 10.6. The Morgan fingerprint density at radius 2 is 1.94 bits per heavy atom. The molecular weight excluding hydrogens is 257 g/mol. The number of hydrogen-bond acceptors (Lipinski definition) is 2. The molecule has 0 spiro atoms. The van der Waals surface area contributed by atoms with Gasteiger partial charge in [-0.15, -0.1) is 0 Å². The van der Waals surface area contributed by atoms with Gasteiger partial charge in [0.1, 0.15) is 11.0 Å². The summed E-state index contributed by atoms with van der Waals surface area (Å²) in [6.07, 6.45) is 1.51. The Hall–Kier alpha value is -1.58. The molecule has 0 aliphatic heterocycles. The molecule has 0 saturated carbocycles. The van der Waals surface area contributed by atoms with Crippen molar-refractivity contribution in [1.82, 2.24) is 15.0 Å². The zero-order chi connectivity index (χ0) is 11.8. The largest absolute Gasteiger partial charge is 0.338 e. The van der Waals surface area contributed by atoms with Gasteiger partial charge in [-0.2, -0.15) is 0 Å². The third kappa shape index (κ3) is 1.88. The molecule has 0 amide bonds. The number of H-pyrrole nitrogens is 1. The van der Waals surface area contributed by atoms with Crippen LogP contribution in [-0.4, -0.2) is 15.0 Å². The van der Waals surface area contributed by atoms with E-state index in [9.17, 15) is 0 Å². The Bertz CT molecular complexity index is 658. The van der Waals surface area contributed by atoms with Crippen LogP contribution in [0.15, 0.2) is 36.5 Å². The Morgan fingerprint density at radius 3 is 2.76 bits per heavy atom. The van der Waals surface area contributed by atoms with Crippen molar-refractivity contribution in [1.29, 1.82) is 0 Å². The van der Waals surface area contributed by atoms with Crippen LogP contribution < -0.4 is 0 Å². The van der Waals surface area contributed by atoms with Gasteiger partial charge in [-0.3, -0.25) is 0 Å². The van der Waals surface area contributed by atoms with Crippen molar-refractivity contribution in [2.45, 2.75) is 0 Å². The molecule has 17 heavy (non-hydrogen) atoms. The minimum absolute atomic E-state index is 0.383. The maximum Gasteiger partial charge on any atom is 0.141 e. The molecule has 2 aromatic heterocycles. The number of imidazole rings is 1. The molecule has 3 rings (SSSR count). The van der Waals surface area contributed by atoms with Gasteiger partial charge in [-0.05, 0) is 18.2 Å². The van der Waals surface area contributed by atoms with Crippen LogP contribution in [0.5, 0.6) is 0 Å². The average Bonchev–Trinajstić information content (AvgIpc) is 2.75. The van der Waals surface area contributed by atoms with Gasteiger partial charge in [-0.1, -0.05) is 35.3 Å². The lowest BCUT2D eigenvalue weighted by Crippen LogP contribution is -1.85. The average molecular weight is 264 g/mol. The van der Waals surface area contributed by atoms with Crippen LogP contribution in [-0.2, 0) is 0 Å². The van der Waals surface area contributed by atoms with E-state index < -0.39 is 0 Å². The van der Waals surface area contributed by atoms with Crippen LogP contribution in [0.4, 0.5) is 0 Å². The normalized spacial score (nSPS) is 10.9. The summed E-state index contributed by atoms with van der Waals surface area (Å²) in [7, 11) is 0. The highest BCUT2D eigenvalue weighted by Gasteiger charge is 2.10. The molecule has 3 aromatic rings. The minimum Gasteiger partial charge on any atom is -0.338 e. The molecule has 0 atom stereocenters. The van der Waals surface area contributed by atoms with Gasteiger partial charge in [0.25, 0.3) is 0 Å². The van der Waals surface area contributed by atoms with E-state index in [0.29, 0.717) is 21.6 Å². The molecular formula is C12H7Cl2N3. The Morgan fingerprint density at radius 1 is 1.12 bits per heavy atom. The number of rotatable bonds is 1. The van der Waals surface area contributed by atoms with Crippen LogP contribution in [0, 0.1) is 0 Å². The summed E-state index contributed by atoms with van der Waals surface area (Å²) in [4.78, 5) is 11.6. The quantitative estimate of drug-likeness (QED) is 0.676. The van der Waals surface area contributed by atoms with Gasteiger partial charge in [-0.25, -0.2) is 9.97 Å². The smallest absolute Gasteiger partial charge is 0.141 e. The lowest BCUT2D eigenvalue weighted by Gasteiger charge is -1.99. The van der Waals surface area contributed by atoms with Crippen molar-refractivity contribution in [3.05, 3.63) is 46.7 Å². The highest BCUT2D eigenvalue weighted by atomic mass is 35.5. The van der Waals surface area contributed by atoms with E-state index in [1.807, 2.05) is 24.3 Å². The first-order valence-corrected chi connectivity index (χ1v) is 5.76. The topological polar surface area (TPSA) is 41.6 Å². The molecule has 0 bridgehead atoms.